The number of halogens is 3. The van der Waals surface area contributed by atoms with Crippen molar-refractivity contribution >= 4 is 40.7 Å². The molecule has 0 saturated heterocycles. The van der Waals surface area contributed by atoms with Crippen LogP contribution in [0.25, 0.3) is 0 Å². The first kappa shape index (κ1) is 16.4. The molecule has 0 radical (unpaired) electrons. The van der Waals surface area contributed by atoms with Crippen LogP contribution < -0.4 is 10.6 Å². The first-order chi connectivity index (χ1) is 11.6. The van der Waals surface area contributed by atoms with Gasteiger partial charge in [-0.25, -0.2) is 4.39 Å². The maximum Gasteiger partial charge on any atom is 0.244 e. The highest BCUT2D eigenvalue weighted by molar-refractivity contribution is 6.36. The van der Waals surface area contributed by atoms with Crippen molar-refractivity contribution in [1.82, 2.24) is 15.2 Å². The maximum absolute atomic E-state index is 13.6. The predicted molar refractivity (Wildman–Crippen MR) is 93.3 cm³/mol. The highest BCUT2D eigenvalue weighted by Crippen LogP contribution is 2.27. The van der Waals surface area contributed by atoms with Crippen molar-refractivity contribution in [1.29, 1.82) is 0 Å². The van der Waals surface area contributed by atoms with E-state index in [2.05, 4.69) is 25.8 Å². The van der Waals surface area contributed by atoms with Gasteiger partial charge >= 0.3 is 0 Å². The molecule has 0 aliphatic heterocycles. The molecule has 5 nitrogen and oxygen atoms in total. The number of nitrogens with zero attached hydrogens (tertiary/aromatic N) is 3. The van der Waals surface area contributed by atoms with E-state index < -0.39 is 0 Å². The van der Waals surface area contributed by atoms with Crippen molar-refractivity contribution in [3.05, 3.63) is 70.1 Å². The van der Waals surface area contributed by atoms with Gasteiger partial charge in [0.25, 0.3) is 0 Å². The molecule has 0 atom stereocenters. The lowest BCUT2D eigenvalue weighted by Crippen LogP contribution is -2.07. The van der Waals surface area contributed by atoms with Gasteiger partial charge in [-0.1, -0.05) is 41.4 Å². The molecule has 0 amide bonds. The minimum Gasteiger partial charge on any atom is -0.349 e. The van der Waals surface area contributed by atoms with Gasteiger partial charge in [-0.15, -0.1) is 5.10 Å². The maximum atomic E-state index is 13.6. The van der Waals surface area contributed by atoms with Gasteiger partial charge in [-0.05, 0) is 24.3 Å². The van der Waals surface area contributed by atoms with Crippen molar-refractivity contribution in [2.24, 2.45) is 0 Å². The Morgan fingerprint density at radius 3 is 2.71 bits per heavy atom. The first-order valence-electron chi connectivity index (χ1n) is 7.01. The summed E-state index contributed by atoms with van der Waals surface area (Å²) in [5, 5.41) is 14.7. The summed E-state index contributed by atoms with van der Waals surface area (Å²) in [4.78, 5) is 4.27. The van der Waals surface area contributed by atoms with Crippen molar-refractivity contribution in [3.63, 3.8) is 0 Å². The molecule has 0 aliphatic carbocycles. The molecule has 0 fully saturated rings. The molecular weight excluding hydrogens is 352 g/mol. The third-order valence-electron chi connectivity index (χ3n) is 3.15. The highest BCUT2D eigenvalue weighted by atomic mass is 35.5. The third-order valence-corrected chi connectivity index (χ3v) is 3.70. The highest BCUT2D eigenvalue weighted by Gasteiger charge is 2.06. The van der Waals surface area contributed by atoms with Gasteiger partial charge < -0.3 is 10.6 Å². The molecule has 1 heterocycles. The van der Waals surface area contributed by atoms with Crippen molar-refractivity contribution in [3.8, 4) is 0 Å². The largest absolute Gasteiger partial charge is 0.349 e. The molecule has 24 heavy (non-hydrogen) atoms. The van der Waals surface area contributed by atoms with Gasteiger partial charge in [-0.2, -0.15) is 10.1 Å². The van der Waals surface area contributed by atoms with Gasteiger partial charge in [0, 0.05) is 17.1 Å². The molecule has 0 spiro atoms. The van der Waals surface area contributed by atoms with E-state index in [0.717, 1.165) is 0 Å². The number of rotatable bonds is 5. The lowest BCUT2D eigenvalue weighted by Gasteiger charge is -2.09. The summed E-state index contributed by atoms with van der Waals surface area (Å²) in [7, 11) is 0. The van der Waals surface area contributed by atoms with E-state index in [0.29, 0.717) is 27.1 Å². The standard InChI is InChI=1S/C16H12Cl2FN5/c17-11-5-6-14(12(18)7-11)22-15-9-21-24-16(23-15)20-8-10-3-1-2-4-13(10)19/h1-7,9H,8H2,(H2,20,22,23,24). The Bertz CT molecular complexity index is 859. The molecule has 122 valence electrons. The summed E-state index contributed by atoms with van der Waals surface area (Å²) < 4.78 is 13.6. The van der Waals surface area contributed by atoms with Crippen LogP contribution in [0.5, 0.6) is 0 Å². The number of nitrogens with one attached hydrogen (secondary N) is 2. The Morgan fingerprint density at radius 1 is 1.08 bits per heavy atom. The zero-order valence-corrected chi connectivity index (χ0v) is 13.8. The van der Waals surface area contributed by atoms with Crippen LogP contribution in [0.1, 0.15) is 5.56 Å². The first-order valence-corrected chi connectivity index (χ1v) is 7.76. The molecule has 0 saturated carbocycles. The van der Waals surface area contributed by atoms with Gasteiger partial charge in [-0.3, -0.25) is 0 Å². The van der Waals surface area contributed by atoms with E-state index in [1.807, 2.05) is 0 Å². The molecule has 0 unspecified atom stereocenters. The topological polar surface area (TPSA) is 62.7 Å². The monoisotopic (exact) mass is 363 g/mol. The van der Waals surface area contributed by atoms with Crippen LogP contribution in [-0.2, 0) is 6.54 Å². The number of aromatic nitrogens is 3. The summed E-state index contributed by atoms with van der Waals surface area (Å²) in [5.41, 5.74) is 1.15. The van der Waals surface area contributed by atoms with Gasteiger partial charge in [0.15, 0.2) is 5.82 Å². The van der Waals surface area contributed by atoms with Crippen LogP contribution in [0.15, 0.2) is 48.7 Å². The molecule has 0 aliphatic rings. The van der Waals surface area contributed by atoms with Crippen LogP contribution in [0, 0.1) is 5.82 Å². The van der Waals surface area contributed by atoms with E-state index in [1.54, 1.807) is 36.4 Å². The number of hydrogen-bond acceptors (Lipinski definition) is 5. The van der Waals surface area contributed by atoms with Gasteiger partial charge in [0.2, 0.25) is 5.95 Å². The third kappa shape index (κ3) is 4.10. The summed E-state index contributed by atoms with van der Waals surface area (Å²) in [6.07, 6.45) is 1.46. The second-order valence-corrected chi connectivity index (χ2v) is 5.70. The van der Waals surface area contributed by atoms with E-state index in [-0.39, 0.29) is 18.3 Å². The van der Waals surface area contributed by atoms with Crippen molar-refractivity contribution in [2.45, 2.75) is 6.54 Å². The van der Waals surface area contributed by atoms with E-state index in [1.165, 1.54) is 12.3 Å². The zero-order chi connectivity index (χ0) is 16.9. The Labute approximate surface area is 147 Å². The summed E-state index contributed by atoms with van der Waals surface area (Å²) >= 11 is 12.0. The average molecular weight is 364 g/mol. The fraction of sp³-hybridized carbons (Fsp3) is 0.0625. The number of benzene rings is 2. The van der Waals surface area contributed by atoms with Gasteiger partial charge in [0.1, 0.15) is 5.82 Å². The average Bonchev–Trinajstić information content (AvgIpc) is 2.57. The molecule has 0 bridgehead atoms. The Kier molecular flexibility index (Phi) is 5.08. The minimum absolute atomic E-state index is 0.250. The molecular formula is C16H12Cl2FN5. The van der Waals surface area contributed by atoms with E-state index in [4.69, 9.17) is 23.2 Å². The quantitative estimate of drug-likeness (QED) is 0.689. The predicted octanol–water partition coefficient (Wildman–Crippen LogP) is 4.67. The lowest BCUT2D eigenvalue weighted by molar-refractivity contribution is 0.612. The fourth-order valence-electron chi connectivity index (χ4n) is 1.98. The van der Waals surface area contributed by atoms with Crippen LogP contribution >= 0.6 is 23.2 Å². The van der Waals surface area contributed by atoms with Gasteiger partial charge in [0.05, 0.1) is 16.9 Å². The lowest BCUT2D eigenvalue weighted by atomic mass is 10.2. The van der Waals surface area contributed by atoms with Crippen molar-refractivity contribution < 1.29 is 4.39 Å². The molecule has 3 rings (SSSR count). The summed E-state index contributed by atoms with van der Waals surface area (Å²) in [5.74, 6) is 0.429. The minimum atomic E-state index is -0.291. The fourth-order valence-corrected chi connectivity index (χ4v) is 2.44. The molecule has 3 aromatic rings. The zero-order valence-electron chi connectivity index (χ0n) is 12.3. The van der Waals surface area contributed by atoms with E-state index >= 15 is 0 Å². The number of hydrogen-bond donors (Lipinski definition) is 2. The Hall–Kier alpha value is -2.44. The van der Waals surface area contributed by atoms with Crippen LogP contribution in [0.3, 0.4) is 0 Å². The number of anilines is 3. The van der Waals surface area contributed by atoms with Crippen LogP contribution in [0.2, 0.25) is 10.0 Å². The second kappa shape index (κ2) is 7.42. The Morgan fingerprint density at radius 2 is 1.92 bits per heavy atom. The summed E-state index contributed by atoms with van der Waals surface area (Å²) in [6, 6.07) is 11.6. The second-order valence-electron chi connectivity index (χ2n) is 4.86. The van der Waals surface area contributed by atoms with Crippen molar-refractivity contribution in [2.75, 3.05) is 10.6 Å². The normalized spacial score (nSPS) is 10.5. The molecule has 2 N–H and O–H groups in total. The van der Waals surface area contributed by atoms with E-state index in [9.17, 15) is 4.39 Å². The molecule has 1 aromatic heterocycles. The van der Waals surface area contributed by atoms with Crippen LogP contribution in [-0.4, -0.2) is 15.2 Å². The summed E-state index contributed by atoms with van der Waals surface area (Å²) in [6.45, 7) is 0.250. The van der Waals surface area contributed by atoms with Crippen LogP contribution in [0.4, 0.5) is 21.8 Å². The smallest absolute Gasteiger partial charge is 0.244 e. The SMILES string of the molecule is Fc1ccccc1CNc1nncc(Nc2ccc(Cl)cc2Cl)n1. The Balaban J connectivity index is 1.71. The molecule has 2 aromatic carbocycles. The molecule has 8 heteroatoms.